The number of nitrogens with zero attached hydrogens (tertiary/aromatic N) is 1. The summed E-state index contributed by atoms with van der Waals surface area (Å²) in [5, 5.41) is 4.64. The predicted octanol–water partition coefficient (Wildman–Crippen LogP) is 4.99. The molecule has 3 aromatic rings. The van der Waals surface area contributed by atoms with E-state index in [1.165, 1.54) is 16.7 Å². The van der Waals surface area contributed by atoms with Crippen molar-refractivity contribution in [2.75, 3.05) is 0 Å². The Kier molecular flexibility index (Phi) is 4.17. The van der Waals surface area contributed by atoms with Crippen LogP contribution in [0.4, 0.5) is 0 Å². The van der Waals surface area contributed by atoms with E-state index in [1.54, 1.807) is 0 Å². The van der Waals surface area contributed by atoms with Crippen molar-refractivity contribution >= 4 is 11.8 Å². The molecule has 0 spiro atoms. The average Bonchev–Trinajstić information content (AvgIpc) is 3.14. The van der Waals surface area contributed by atoms with Crippen LogP contribution in [0.2, 0.25) is 0 Å². The summed E-state index contributed by atoms with van der Waals surface area (Å²) in [4.78, 5) is 0. The molecule has 0 unspecified atom stereocenters. The lowest BCUT2D eigenvalue weighted by atomic mass is 9.80. The van der Waals surface area contributed by atoms with Gasteiger partial charge >= 0.3 is 0 Å². The summed E-state index contributed by atoms with van der Waals surface area (Å²) >= 11 is 0. The summed E-state index contributed by atoms with van der Waals surface area (Å²) < 4.78 is 0. The zero-order valence-electron chi connectivity index (χ0n) is 14.0. The number of benzene rings is 3. The second kappa shape index (κ2) is 6.78. The minimum atomic E-state index is -0.307. The van der Waals surface area contributed by atoms with Crippen molar-refractivity contribution in [1.29, 1.82) is 0 Å². The second-order valence-electron chi connectivity index (χ2n) is 6.27. The first-order chi connectivity index (χ1) is 12.4. The molecule has 3 aromatic carbocycles. The third-order valence-corrected chi connectivity index (χ3v) is 4.64. The number of nitrogens with one attached hydrogen (secondary N) is 1. The molecule has 4 rings (SSSR count). The number of hydrogen-bond donors (Lipinski definition) is 1. The molecule has 0 fully saturated rings. The van der Waals surface area contributed by atoms with Gasteiger partial charge in [0.25, 0.3) is 0 Å². The van der Waals surface area contributed by atoms with Crippen LogP contribution in [0.3, 0.4) is 0 Å². The zero-order valence-corrected chi connectivity index (χ0v) is 14.0. The van der Waals surface area contributed by atoms with E-state index in [1.807, 2.05) is 30.3 Å². The van der Waals surface area contributed by atoms with Crippen LogP contribution in [0, 0.1) is 0 Å². The highest BCUT2D eigenvalue weighted by atomic mass is 15.4. The molecule has 2 heteroatoms. The van der Waals surface area contributed by atoms with E-state index >= 15 is 0 Å². The van der Waals surface area contributed by atoms with Crippen LogP contribution >= 0.6 is 0 Å². The minimum Gasteiger partial charge on any atom is -0.294 e. The normalized spacial score (nSPS) is 15.8. The summed E-state index contributed by atoms with van der Waals surface area (Å²) in [6, 6.07) is 31.4. The maximum Gasteiger partial charge on any atom is 0.110 e. The standard InChI is InChI=1S/C23H20N2/c1-4-10-19(11-5-1)16-17-22-18-23(25-24-22,20-12-6-2-7-13-20)21-14-8-3-9-15-21/h1-17,25H,18H2. The van der Waals surface area contributed by atoms with Crippen molar-refractivity contribution in [2.24, 2.45) is 5.10 Å². The molecule has 0 aliphatic carbocycles. The van der Waals surface area contributed by atoms with E-state index in [2.05, 4.69) is 83.3 Å². The number of hydrogen-bond acceptors (Lipinski definition) is 2. The van der Waals surface area contributed by atoms with Gasteiger partial charge in [0.15, 0.2) is 0 Å². The molecule has 0 radical (unpaired) electrons. The highest BCUT2D eigenvalue weighted by Gasteiger charge is 2.38. The molecule has 2 nitrogen and oxygen atoms in total. The Labute approximate surface area is 148 Å². The van der Waals surface area contributed by atoms with Crippen LogP contribution in [-0.2, 0) is 5.54 Å². The van der Waals surface area contributed by atoms with Gasteiger partial charge in [-0.25, -0.2) is 0 Å². The molecule has 0 atom stereocenters. The van der Waals surface area contributed by atoms with E-state index < -0.39 is 0 Å². The Morgan fingerprint density at radius 2 is 1.20 bits per heavy atom. The lowest BCUT2D eigenvalue weighted by molar-refractivity contribution is 0.460. The Morgan fingerprint density at radius 1 is 0.680 bits per heavy atom. The summed E-state index contributed by atoms with van der Waals surface area (Å²) in [5.74, 6) is 0. The fraction of sp³-hybridized carbons (Fsp3) is 0.0870. The Hall–Kier alpha value is -3.13. The molecule has 122 valence electrons. The van der Waals surface area contributed by atoms with Gasteiger partial charge in [0.1, 0.15) is 5.54 Å². The van der Waals surface area contributed by atoms with E-state index in [0.29, 0.717) is 0 Å². The molecule has 0 saturated heterocycles. The number of rotatable bonds is 4. The van der Waals surface area contributed by atoms with Crippen LogP contribution < -0.4 is 5.43 Å². The van der Waals surface area contributed by atoms with Crippen molar-refractivity contribution < 1.29 is 0 Å². The third-order valence-electron chi connectivity index (χ3n) is 4.64. The van der Waals surface area contributed by atoms with E-state index in [-0.39, 0.29) is 5.54 Å². The van der Waals surface area contributed by atoms with Crippen LogP contribution in [-0.4, -0.2) is 5.71 Å². The first kappa shape index (κ1) is 15.4. The van der Waals surface area contributed by atoms with Gasteiger partial charge in [-0.05, 0) is 22.8 Å². The summed E-state index contributed by atoms with van der Waals surface area (Å²) in [5.41, 5.74) is 7.81. The first-order valence-corrected chi connectivity index (χ1v) is 8.55. The van der Waals surface area contributed by atoms with E-state index in [9.17, 15) is 0 Å². The molecular weight excluding hydrogens is 304 g/mol. The molecule has 1 aliphatic rings. The Bertz CT molecular complexity index is 842. The second-order valence-corrected chi connectivity index (χ2v) is 6.27. The van der Waals surface area contributed by atoms with E-state index in [0.717, 1.165) is 12.1 Å². The van der Waals surface area contributed by atoms with Crippen LogP contribution in [0.25, 0.3) is 6.08 Å². The highest BCUT2D eigenvalue weighted by molar-refractivity contribution is 6.00. The lowest BCUT2D eigenvalue weighted by Crippen LogP contribution is -2.37. The molecule has 0 aromatic heterocycles. The Morgan fingerprint density at radius 3 is 1.76 bits per heavy atom. The quantitative estimate of drug-likeness (QED) is 0.718. The van der Waals surface area contributed by atoms with Crippen molar-refractivity contribution in [2.45, 2.75) is 12.0 Å². The van der Waals surface area contributed by atoms with Gasteiger partial charge in [-0.15, -0.1) is 0 Å². The van der Waals surface area contributed by atoms with Gasteiger partial charge in [0, 0.05) is 6.42 Å². The van der Waals surface area contributed by atoms with Crippen molar-refractivity contribution in [3.05, 3.63) is 114 Å². The summed E-state index contributed by atoms with van der Waals surface area (Å²) in [6.07, 6.45) is 5.05. The van der Waals surface area contributed by atoms with Crippen molar-refractivity contribution in [3.63, 3.8) is 0 Å². The number of allylic oxidation sites excluding steroid dienone is 1. The van der Waals surface area contributed by atoms with Crippen LogP contribution in [0.15, 0.2) is 102 Å². The first-order valence-electron chi connectivity index (χ1n) is 8.55. The maximum absolute atomic E-state index is 4.64. The van der Waals surface area contributed by atoms with E-state index in [4.69, 9.17) is 0 Å². The van der Waals surface area contributed by atoms with Gasteiger partial charge in [0.05, 0.1) is 5.71 Å². The fourth-order valence-electron chi connectivity index (χ4n) is 3.32. The fourth-order valence-corrected chi connectivity index (χ4v) is 3.32. The largest absolute Gasteiger partial charge is 0.294 e. The smallest absolute Gasteiger partial charge is 0.110 e. The molecule has 0 saturated carbocycles. The van der Waals surface area contributed by atoms with Gasteiger partial charge in [-0.2, -0.15) is 5.10 Å². The molecule has 1 N–H and O–H groups in total. The third kappa shape index (κ3) is 3.11. The average molecular weight is 324 g/mol. The van der Waals surface area contributed by atoms with Gasteiger partial charge < -0.3 is 0 Å². The molecule has 1 aliphatic heterocycles. The molecular formula is C23H20N2. The highest BCUT2D eigenvalue weighted by Crippen LogP contribution is 2.36. The number of hydrazone groups is 1. The van der Waals surface area contributed by atoms with Crippen molar-refractivity contribution in [1.82, 2.24) is 5.43 Å². The Balaban J connectivity index is 1.66. The molecule has 0 bridgehead atoms. The maximum atomic E-state index is 4.64. The van der Waals surface area contributed by atoms with Gasteiger partial charge in [-0.3, -0.25) is 5.43 Å². The van der Waals surface area contributed by atoms with Gasteiger partial charge in [-0.1, -0.05) is 97.1 Å². The topological polar surface area (TPSA) is 24.4 Å². The van der Waals surface area contributed by atoms with Crippen LogP contribution in [0.5, 0.6) is 0 Å². The monoisotopic (exact) mass is 324 g/mol. The molecule has 25 heavy (non-hydrogen) atoms. The molecule has 0 amide bonds. The minimum absolute atomic E-state index is 0.307. The van der Waals surface area contributed by atoms with Crippen molar-refractivity contribution in [3.8, 4) is 0 Å². The SMILES string of the molecule is C(=Cc1ccccc1)C1=NNC(c2ccccc2)(c2ccccc2)C1. The summed E-state index contributed by atoms with van der Waals surface area (Å²) in [7, 11) is 0. The predicted molar refractivity (Wildman–Crippen MR) is 104 cm³/mol. The van der Waals surface area contributed by atoms with Gasteiger partial charge in [0.2, 0.25) is 0 Å². The molecule has 1 heterocycles. The lowest BCUT2D eigenvalue weighted by Gasteiger charge is -2.30. The zero-order chi connectivity index (χ0) is 17.0. The summed E-state index contributed by atoms with van der Waals surface area (Å²) in [6.45, 7) is 0. The van der Waals surface area contributed by atoms with Crippen LogP contribution in [0.1, 0.15) is 23.1 Å².